The van der Waals surface area contributed by atoms with Gasteiger partial charge >= 0.3 is 5.97 Å². The molecule has 2 aromatic rings. The van der Waals surface area contributed by atoms with E-state index in [2.05, 4.69) is 4.98 Å². The maximum Gasteiger partial charge on any atom is 0.355 e. The number of carboxylic acid groups (broad SMARTS) is 1. The molecule has 0 aliphatic carbocycles. The maximum atomic E-state index is 11.1. The summed E-state index contributed by atoms with van der Waals surface area (Å²) in [5, 5.41) is 10.1. The van der Waals surface area contributed by atoms with Crippen molar-refractivity contribution < 1.29 is 9.90 Å². The first kappa shape index (κ1) is 14.4. The van der Waals surface area contributed by atoms with Gasteiger partial charge in [-0.1, -0.05) is 46.4 Å². The van der Waals surface area contributed by atoms with Gasteiger partial charge in [-0.25, -0.2) is 9.78 Å². The Balaban J connectivity index is 2.71. The van der Waals surface area contributed by atoms with Crippen LogP contribution in [-0.2, 0) is 0 Å². The van der Waals surface area contributed by atoms with Crippen LogP contribution < -0.4 is 0 Å². The van der Waals surface area contributed by atoms with Crippen molar-refractivity contribution >= 4 is 52.4 Å². The number of rotatable bonds is 2. The van der Waals surface area contributed by atoms with Gasteiger partial charge in [-0.2, -0.15) is 0 Å². The number of pyridine rings is 1. The smallest absolute Gasteiger partial charge is 0.355 e. The lowest BCUT2D eigenvalue weighted by Gasteiger charge is -2.08. The van der Waals surface area contributed by atoms with Crippen molar-refractivity contribution in [2.75, 3.05) is 0 Å². The zero-order chi connectivity index (χ0) is 14.2. The Morgan fingerprint density at radius 3 is 2.16 bits per heavy atom. The van der Waals surface area contributed by atoms with Gasteiger partial charge in [0, 0.05) is 11.8 Å². The van der Waals surface area contributed by atoms with Crippen molar-refractivity contribution in [3.05, 3.63) is 50.2 Å². The van der Waals surface area contributed by atoms with E-state index in [4.69, 9.17) is 51.5 Å². The van der Waals surface area contributed by atoms with Gasteiger partial charge in [0.1, 0.15) is 0 Å². The molecular formula is C12H5Cl4NO2. The normalized spacial score (nSPS) is 10.5. The second-order valence-electron chi connectivity index (χ2n) is 3.61. The molecule has 0 atom stereocenters. The number of nitrogens with zero attached hydrogens (tertiary/aromatic N) is 1. The number of benzene rings is 1. The summed E-state index contributed by atoms with van der Waals surface area (Å²) in [6, 6.07) is 4.50. The fraction of sp³-hybridized carbons (Fsp3) is 0. The van der Waals surface area contributed by atoms with Gasteiger partial charge in [0.2, 0.25) is 0 Å². The van der Waals surface area contributed by atoms with E-state index in [1.807, 2.05) is 0 Å². The molecule has 0 saturated carbocycles. The Bertz CT molecular complexity index is 650. The molecule has 7 heteroatoms. The van der Waals surface area contributed by atoms with E-state index in [-0.39, 0.29) is 20.8 Å². The summed E-state index contributed by atoms with van der Waals surface area (Å²) >= 11 is 23.5. The monoisotopic (exact) mass is 335 g/mol. The predicted octanol–water partition coefficient (Wildman–Crippen LogP) is 5.06. The van der Waals surface area contributed by atoms with Gasteiger partial charge in [0.05, 0.1) is 20.1 Å². The molecule has 1 aromatic carbocycles. The standard InChI is InChI=1S/C12H5Cl4NO2/c13-6-3-7(11(12(18)19)17-4-6)5-1-8(14)10(16)9(15)2-5/h1-4H,(H,18,19). The lowest BCUT2D eigenvalue weighted by Crippen LogP contribution is -2.03. The van der Waals surface area contributed by atoms with E-state index < -0.39 is 5.97 Å². The van der Waals surface area contributed by atoms with Crippen molar-refractivity contribution in [1.82, 2.24) is 4.98 Å². The summed E-state index contributed by atoms with van der Waals surface area (Å²) in [5.74, 6) is -1.17. The molecule has 0 aliphatic heterocycles. The fourth-order valence-corrected chi connectivity index (χ4v) is 2.29. The summed E-state index contributed by atoms with van der Waals surface area (Å²) in [5.41, 5.74) is 0.658. The van der Waals surface area contributed by atoms with Crippen LogP contribution in [0, 0.1) is 0 Å². The second kappa shape index (κ2) is 5.55. The molecule has 98 valence electrons. The molecule has 0 saturated heterocycles. The molecule has 1 aromatic heterocycles. The van der Waals surface area contributed by atoms with Gasteiger partial charge in [-0.15, -0.1) is 0 Å². The molecule has 0 amide bonds. The van der Waals surface area contributed by atoms with Gasteiger partial charge in [0.15, 0.2) is 5.69 Å². The highest BCUT2D eigenvalue weighted by molar-refractivity contribution is 6.48. The lowest BCUT2D eigenvalue weighted by atomic mass is 10.0. The largest absolute Gasteiger partial charge is 0.476 e. The number of hydrogen-bond donors (Lipinski definition) is 1. The van der Waals surface area contributed by atoms with Crippen LogP contribution in [0.15, 0.2) is 24.4 Å². The van der Waals surface area contributed by atoms with Gasteiger partial charge in [-0.3, -0.25) is 0 Å². The predicted molar refractivity (Wildman–Crippen MR) is 76.7 cm³/mol. The minimum atomic E-state index is -1.17. The molecule has 0 spiro atoms. The Morgan fingerprint density at radius 1 is 1.05 bits per heavy atom. The van der Waals surface area contributed by atoms with Crippen LogP contribution in [0.3, 0.4) is 0 Å². The van der Waals surface area contributed by atoms with Crippen LogP contribution in [0.2, 0.25) is 20.1 Å². The van der Waals surface area contributed by atoms with E-state index >= 15 is 0 Å². The first-order valence-electron chi connectivity index (χ1n) is 4.94. The summed E-state index contributed by atoms with van der Waals surface area (Å²) in [7, 11) is 0. The second-order valence-corrected chi connectivity index (χ2v) is 5.24. The Hall–Kier alpha value is -1.000. The van der Waals surface area contributed by atoms with Crippen molar-refractivity contribution in [3.8, 4) is 11.1 Å². The molecule has 0 bridgehead atoms. The molecule has 0 radical (unpaired) electrons. The highest BCUT2D eigenvalue weighted by Gasteiger charge is 2.16. The number of aromatic nitrogens is 1. The zero-order valence-corrected chi connectivity index (χ0v) is 12.1. The van der Waals surface area contributed by atoms with E-state index in [1.54, 1.807) is 0 Å². The summed E-state index contributed by atoms with van der Waals surface area (Å²) in [6.45, 7) is 0. The summed E-state index contributed by atoms with van der Waals surface area (Å²) < 4.78 is 0. The van der Waals surface area contributed by atoms with E-state index in [0.717, 1.165) is 0 Å². The number of aromatic carboxylic acids is 1. The van der Waals surface area contributed by atoms with Crippen LogP contribution in [0.4, 0.5) is 0 Å². The molecule has 2 rings (SSSR count). The van der Waals surface area contributed by atoms with Crippen molar-refractivity contribution in [2.45, 2.75) is 0 Å². The van der Waals surface area contributed by atoms with Gasteiger partial charge in [0.25, 0.3) is 0 Å². The molecule has 0 fully saturated rings. The Kier molecular flexibility index (Phi) is 4.21. The molecule has 19 heavy (non-hydrogen) atoms. The molecule has 1 heterocycles. The fourth-order valence-electron chi connectivity index (χ4n) is 1.54. The quantitative estimate of drug-likeness (QED) is 0.780. The molecule has 1 N–H and O–H groups in total. The Labute approximate surface area is 128 Å². The highest BCUT2D eigenvalue weighted by Crippen LogP contribution is 2.36. The number of hydrogen-bond acceptors (Lipinski definition) is 2. The van der Waals surface area contributed by atoms with Crippen LogP contribution in [0.5, 0.6) is 0 Å². The SMILES string of the molecule is O=C(O)c1ncc(Cl)cc1-c1cc(Cl)c(Cl)c(Cl)c1. The maximum absolute atomic E-state index is 11.1. The van der Waals surface area contributed by atoms with Crippen molar-refractivity contribution in [3.63, 3.8) is 0 Å². The third-order valence-electron chi connectivity index (χ3n) is 2.35. The van der Waals surface area contributed by atoms with Crippen LogP contribution >= 0.6 is 46.4 Å². The highest BCUT2D eigenvalue weighted by atomic mass is 35.5. The average Bonchev–Trinajstić information content (AvgIpc) is 2.34. The minimum Gasteiger partial charge on any atom is -0.476 e. The zero-order valence-electron chi connectivity index (χ0n) is 9.12. The topological polar surface area (TPSA) is 50.2 Å². The van der Waals surface area contributed by atoms with Crippen LogP contribution in [0.1, 0.15) is 10.5 Å². The summed E-state index contributed by atoms with van der Waals surface area (Å²) in [6.07, 6.45) is 1.26. The van der Waals surface area contributed by atoms with Crippen LogP contribution in [0.25, 0.3) is 11.1 Å². The number of halogens is 4. The Morgan fingerprint density at radius 2 is 1.63 bits per heavy atom. The van der Waals surface area contributed by atoms with Gasteiger partial charge < -0.3 is 5.11 Å². The lowest BCUT2D eigenvalue weighted by molar-refractivity contribution is 0.0691. The van der Waals surface area contributed by atoms with Crippen LogP contribution in [-0.4, -0.2) is 16.1 Å². The van der Waals surface area contributed by atoms with E-state index in [9.17, 15) is 4.79 Å². The average molecular weight is 337 g/mol. The molecular weight excluding hydrogens is 332 g/mol. The van der Waals surface area contributed by atoms with E-state index in [0.29, 0.717) is 16.1 Å². The molecule has 0 aliphatic rings. The molecule has 3 nitrogen and oxygen atoms in total. The summed E-state index contributed by atoms with van der Waals surface area (Å²) in [4.78, 5) is 14.9. The third kappa shape index (κ3) is 2.95. The first-order chi connectivity index (χ1) is 8.90. The third-order valence-corrected chi connectivity index (χ3v) is 3.76. The van der Waals surface area contributed by atoms with Crippen molar-refractivity contribution in [2.24, 2.45) is 0 Å². The van der Waals surface area contributed by atoms with E-state index in [1.165, 1.54) is 24.4 Å². The van der Waals surface area contributed by atoms with Gasteiger partial charge in [-0.05, 0) is 23.8 Å². The minimum absolute atomic E-state index is 0.140. The molecule has 0 unspecified atom stereocenters. The first-order valence-corrected chi connectivity index (χ1v) is 6.45. The van der Waals surface area contributed by atoms with Crippen molar-refractivity contribution in [1.29, 1.82) is 0 Å². The number of carbonyl (C=O) groups is 1. The number of carboxylic acids is 1.